The lowest BCUT2D eigenvalue weighted by atomic mass is 10.0. The Morgan fingerprint density at radius 2 is 1.84 bits per heavy atom. The van der Waals surface area contributed by atoms with E-state index in [-0.39, 0.29) is 16.6 Å². The average Bonchev–Trinajstić information content (AvgIpc) is 2.33. The van der Waals surface area contributed by atoms with Gasteiger partial charge in [-0.25, -0.2) is 8.93 Å². The number of Topliss-reactive ketones (excluding diaryl/α,β-unsaturated/α-hetero) is 1. The second-order valence-corrected chi connectivity index (χ2v) is 7.68. The lowest BCUT2D eigenvalue weighted by Gasteiger charge is -2.22. The fourth-order valence-corrected chi connectivity index (χ4v) is 2.50. The van der Waals surface area contributed by atoms with Gasteiger partial charge in [-0.3, -0.25) is 4.79 Å². The quantitative estimate of drug-likeness (QED) is 0.871. The summed E-state index contributed by atoms with van der Waals surface area (Å²) in [4.78, 5) is 11.6. The van der Waals surface area contributed by atoms with Crippen molar-refractivity contribution in [3.63, 3.8) is 0 Å². The van der Waals surface area contributed by atoms with Gasteiger partial charge >= 0.3 is 0 Å². The van der Waals surface area contributed by atoms with Gasteiger partial charge in [-0.15, -0.1) is 0 Å². The highest BCUT2D eigenvalue weighted by Gasteiger charge is 2.24. The molecule has 0 heterocycles. The molecule has 0 bridgehead atoms. The van der Waals surface area contributed by atoms with Crippen molar-refractivity contribution >= 4 is 16.8 Å². The van der Waals surface area contributed by atoms with Crippen LogP contribution in [0, 0.1) is 0 Å². The number of nitrogens with one attached hydrogen (secondary N) is 1. The van der Waals surface area contributed by atoms with Crippen molar-refractivity contribution in [3.8, 4) is 0 Å². The number of hydrogen-bond acceptors (Lipinski definition) is 2. The van der Waals surface area contributed by atoms with Gasteiger partial charge in [0.25, 0.3) is 0 Å². The molecule has 0 amide bonds. The molecule has 1 aromatic carbocycles. The highest BCUT2D eigenvalue weighted by molar-refractivity contribution is 7.84. The molecule has 1 aromatic rings. The van der Waals surface area contributed by atoms with Crippen LogP contribution in [0.2, 0.25) is 0 Å². The molecule has 2 atom stereocenters. The van der Waals surface area contributed by atoms with Crippen molar-refractivity contribution in [1.29, 1.82) is 0 Å². The second-order valence-electron chi connectivity index (χ2n) is 5.69. The Hall–Kier alpha value is -1.00. The fourth-order valence-electron chi connectivity index (χ4n) is 1.61. The molecule has 0 fully saturated rings. The lowest BCUT2D eigenvalue weighted by Crippen LogP contribution is -2.43. The number of carbonyl (C=O) groups is 1. The number of rotatable bonds is 6. The summed E-state index contributed by atoms with van der Waals surface area (Å²) in [6.45, 7) is 7.22. The molecular weight excluding hydrogens is 258 g/mol. The normalized spacial score (nSPS) is 14.9. The summed E-state index contributed by atoms with van der Waals surface area (Å²) in [6.07, 6.45) is 1.47. The maximum absolute atomic E-state index is 12.0. The predicted octanol–water partition coefficient (Wildman–Crippen LogP) is 2.63. The molecule has 0 spiro atoms. The smallest absolute Gasteiger partial charge is 0.147 e. The molecular formula is C15H23NO2S. The molecule has 1 rings (SSSR count). The molecule has 106 valence electrons. The predicted molar refractivity (Wildman–Crippen MR) is 80.3 cm³/mol. The number of hydrogen-bond donors (Lipinski definition) is 1. The minimum atomic E-state index is -1.22. The summed E-state index contributed by atoms with van der Waals surface area (Å²) in [6, 6.07) is 9.67. The van der Waals surface area contributed by atoms with E-state index in [9.17, 15) is 9.00 Å². The van der Waals surface area contributed by atoms with Gasteiger partial charge < -0.3 is 0 Å². The van der Waals surface area contributed by atoms with Crippen LogP contribution >= 0.6 is 0 Å². The molecule has 4 heteroatoms. The molecule has 0 saturated carbocycles. The summed E-state index contributed by atoms with van der Waals surface area (Å²) in [5, 5.41) is 0. The first-order chi connectivity index (χ1) is 8.80. The topological polar surface area (TPSA) is 46.2 Å². The van der Waals surface area contributed by atoms with Crippen LogP contribution in [0.15, 0.2) is 30.3 Å². The minimum absolute atomic E-state index is 0.0357. The van der Waals surface area contributed by atoms with Crippen LogP contribution in [0.4, 0.5) is 0 Å². The van der Waals surface area contributed by atoms with Gasteiger partial charge in [0.2, 0.25) is 0 Å². The van der Waals surface area contributed by atoms with Crippen molar-refractivity contribution in [1.82, 2.24) is 4.72 Å². The highest BCUT2D eigenvalue weighted by atomic mass is 32.2. The van der Waals surface area contributed by atoms with E-state index in [2.05, 4.69) is 4.72 Å². The van der Waals surface area contributed by atoms with Crippen molar-refractivity contribution in [2.75, 3.05) is 0 Å². The molecule has 0 aromatic heterocycles. The SMILES string of the molecule is CC(=O)[C@@H](CCc1ccccc1)NS(=O)C(C)(C)C. The van der Waals surface area contributed by atoms with E-state index in [0.29, 0.717) is 6.42 Å². The van der Waals surface area contributed by atoms with Gasteiger partial charge in [-0.1, -0.05) is 30.3 Å². The van der Waals surface area contributed by atoms with Crippen LogP contribution < -0.4 is 4.72 Å². The van der Waals surface area contributed by atoms with Crippen LogP contribution in [-0.4, -0.2) is 20.8 Å². The lowest BCUT2D eigenvalue weighted by molar-refractivity contribution is -0.118. The molecule has 19 heavy (non-hydrogen) atoms. The molecule has 0 radical (unpaired) electrons. The van der Waals surface area contributed by atoms with Crippen molar-refractivity contribution in [3.05, 3.63) is 35.9 Å². The van der Waals surface area contributed by atoms with Gasteiger partial charge in [-0.05, 0) is 46.1 Å². The molecule has 0 saturated heterocycles. The summed E-state index contributed by atoms with van der Waals surface area (Å²) in [5.41, 5.74) is 1.19. The first kappa shape index (κ1) is 16.1. The maximum atomic E-state index is 12.0. The Kier molecular flexibility index (Phi) is 5.88. The fraction of sp³-hybridized carbons (Fsp3) is 0.533. The number of benzene rings is 1. The van der Waals surface area contributed by atoms with Crippen LogP contribution in [0.5, 0.6) is 0 Å². The zero-order chi connectivity index (χ0) is 14.5. The van der Waals surface area contributed by atoms with E-state index in [1.54, 1.807) is 6.92 Å². The van der Waals surface area contributed by atoms with Crippen LogP contribution in [-0.2, 0) is 22.2 Å². The molecule has 3 nitrogen and oxygen atoms in total. The van der Waals surface area contributed by atoms with Crippen molar-refractivity contribution < 1.29 is 9.00 Å². The van der Waals surface area contributed by atoms with Crippen LogP contribution in [0.3, 0.4) is 0 Å². The summed E-state index contributed by atoms with van der Waals surface area (Å²) in [7, 11) is -1.22. The molecule has 1 N–H and O–H groups in total. The first-order valence-corrected chi connectivity index (χ1v) is 7.68. The standard InChI is InChI=1S/C15H23NO2S/c1-12(17)14(16-19(18)15(2,3)4)11-10-13-8-6-5-7-9-13/h5-9,14,16H,10-11H2,1-4H3/t14-,19?/m1/s1. The second kappa shape index (κ2) is 6.96. The Morgan fingerprint density at radius 1 is 1.26 bits per heavy atom. The largest absolute Gasteiger partial charge is 0.298 e. The summed E-state index contributed by atoms with van der Waals surface area (Å²) in [5.74, 6) is 0.0357. The Balaban J connectivity index is 2.59. The zero-order valence-electron chi connectivity index (χ0n) is 12.1. The molecule has 0 aliphatic rings. The van der Waals surface area contributed by atoms with E-state index >= 15 is 0 Å². The van der Waals surface area contributed by atoms with Gasteiger partial charge in [-0.2, -0.15) is 0 Å². The monoisotopic (exact) mass is 281 g/mol. The molecule has 0 aliphatic carbocycles. The van der Waals surface area contributed by atoms with Crippen LogP contribution in [0.25, 0.3) is 0 Å². The summed E-state index contributed by atoms with van der Waals surface area (Å²) >= 11 is 0. The van der Waals surface area contributed by atoms with E-state index in [4.69, 9.17) is 0 Å². The van der Waals surface area contributed by atoms with Gasteiger partial charge in [0.15, 0.2) is 0 Å². The number of ketones is 1. The molecule has 0 aliphatic heterocycles. The molecule has 1 unspecified atom stereocenters. The van der Waals surface area contributed by atoms with Gasteiger partial charge in [0.05, 0.1) is 21.8 Å². The van der Waals surface area contributed by atoms with E-state index in [1.165, 1.54) is 5.56 Å². The average molecular weight is 281 g/mol. The zero-order valence-corrected chi connectivity index (χ0v) is 12.9. The van der Waals surface area contributed by atoms with Gasteiger partial charge in [0.1, 0.15) is 5.78 Å². The Morgan fingerprint density at radius 3 is 2.32 bits per heavy atom. The highest BCUT2D eigenvalue weighted by Crippen LogP contribution is 2.12. The van der Waals surface area contributed by atoms with Crippen molar-refractivity contribution in [2.45, 2.75) is 51.3 Å². The Labute approximate surface area is 118 Å². The van der Waals surface area contributed by atoms with Gasteiger partial charge in [0, 0.05) is 0 Å². The third kappa shape index (κ3) is 5.66. The maximum Gasteiger partial charge on any atom is 0.147 e. The third-order valence-corrected chi connectivity index (χ3v) is 4.47. The van der Waals surface area contributed by atoms with Crippen molar-refractivity contribution in [2.24, 2.45) is 0 Å². The Bertz CT molecular complexity index is 437. The third-order valence-electron chi connectivity index (χ3n) is 2.86. The number of aryl methyl sites for hydroxylation is 1. The number of carbonyl (C=O) groups excluding carboxylic acids is 1. The van der Waals surface area contributed by atoms with Crippen LogP contribution in [0.1, 0.15) is 39.7 Å². The summed E-state index contributed by atoms with van der Waals surface area (Å²) < 4.78 is 14.6. The van der Waals surface area contributed by atoms with E-state index < -0.39 is 11.0 Å². The van der Waals surface area contributed by atoms with E-state index in [1.807, 2.05) is 51.1 Å². The van der Waals surface area contributed by atoms with E-state index in [0.717, 1.165) is 6.42 Å². The minimum Gasteiger partial charge on any atom is -0.298 e. The first-order valence-electron chi connectivity index (χ1n) is 6.53.